The number of hydrogen-bond acceptors (Lipinski definition) is 5. The van der Waals surface area contributed by atoms with Crippen LogP contribution >= 0.6 is 0 Å². The summed E-state index contributed by atoms with van der Waals surface area (Å²) in [5.41, 5.74) is 2.24. The molecule has 3 aromatic rings. The average Bonchev–Trinajstić information content (AvgIpc) is 3.19. The van der Waals surface area contributed by atoms with E-state index in [2.05, 4.69) is 15.5 Å². The summed E-state index contributed by atoms with van der Waals surface area (Å²) in [5.74, 6) is 0.604. The monoisotopic (exact) mass is 297 g/mol. The van der Waals surface area contributed by atoms with E-state index in [0.717, 1.165) is 5.56 Å². The van der Waals surface area contributed by atoms with E-state index in [-0.39, 0.29) is 12.4 Å². The molecule has 112 valence electrons. The summed E-state index contributed by atoms with van der Waals surface area (Å²) < 4.78 is 10.5. The molecule has 0 bridgehead atoms. The van der Waals surface area contributed by atoms with Crippen LogP contribution in [0.3, 0.4) is 0 Å². The van der Waals surface area contributed by atoms with E-state index < -0.39 is 5.91 Å². The number of nitrogens with one attached hydrogen (secondary N) is 1. The molecule has 2 heterocycles. The molecule has 22 heavy (non-hydrogen) atoms. The lowest BCUT2D eigenvalue weighted by atomic mass is 10.1. The Morgan fingerprint density at radius 3 is 2.73 bits per heavy atom. The molecule has 0 radical (unpaired) electrons. The fourth-order valence-electron chi connectivity index (χ4n) is 1.95. The van der Waals surface area contributed by atoms with Gasteiger partial charge in [0.2, 0.25) is 5.89 Å². The van der Waals surface area contributed by atoms with Crippen molar-refractivity contribution in [2.24, 2.45) is 0 Å². The SMILES string of the molecule is Cc1ccc(Cc2nnc(C(=O)NCc3ccco3)o2)cc1. The smallest absolute Gasteiger partial charge is 0.309 e. The molecule has 2 aromatic heterocycles. The van der Waals surface area contributed by atoms with Crippen molar-refractivity contribution in [1.29, 1.82) is 0 Å². The van der Waals surface area contributed by atoms with Crippen molar-refractivity contribution in [3.63, 3.8) is 0 Å². The van der Waals surface area contributed by atoms with Gasteiger partial charge in [-0.15, -0.1) is 10.2 Å². The Morgan fingerprint density at radius 1 is 1.18 bits per heavy atom. The van der Waals surface area contributed by atoms with Crippen LogP contribution in [-0.4, -0.2) is 16.1 Å². The van der Waals surface area contributed by atoms with Gasteiger partial charge in [0.25, 0.3) is 0 Å². The van der Waals surface area contributed by atoms with Crippen LogP contribution in [0.5, 0.6) is 0 Å². The van der Waals surface area contributed by atoms with Gasteiger partial charge in [-0.1, -0.05) is 29.8 Å². The van der Waals surface area contributed by atoms with Gasteiger partial charge in [-0.3, -0.25) is 4.79 Å². The van der Waals surface area contributed by atoms with Gasteiger partial charge in [0.15, 0.2) is 0 Å². The Balaban J connectivity index is 1.60. The molecule has 0 unspecified atom stereocenters. The van der Waals surface area contributed by atoms with Gasteiger partial charge in [0, 0.05) is 0 Å². The van der Waals surface area contributed by atoms with E-state index in [1.807, 2.05) is 31.2 Å². The van der Waals surface area contributed by atoms with Crippen LogP contribution in [0.1, 0.15) is 33.5 Å². The largest absolute Gasteiger partial charge is 0.467 e. The van der Waals surface area contributed by atoms with Crippen LogP contribution in [0.4, 0.5) is 0 Å². The second-order valence-electron chi connectivity index (χ2n) is 4.93. The van der Waals surface area contributed by atoms with Gasteiger partial charge in [-0.2, -0.15) is 0 Å². The number of amides is 1. The first kappa shape index (κ1) is 14.1. The standard InChI is InChI=1S/C16H15N3O3/c1-11-4-6-12(7-5-11)9-14-18-19-16(22-14)15(20)17-10-13-3-2-8-21-13/h2-8H,9-10H2,1H3,(H,17,20). The molecule has 0 saturated carbocycles. The second kappa shape index (κ2) is 6.26. The molecule has 0 spiro atoms. The highest BCUT2D eigenvalue weighted by Crippen LogP contribution is 2.10. The van der Waals surface area contributed by atoms with Crippen molar-refractivity contribution in [3.8, 4) is 0 Å². The predicted octanol–water partition coefficient (Wildman–Crippen LogP) is 2.49. The summed E-state index contributed by atoms with van der Waals surface area (Å²) in [6.45, 7) is 2.31. The lowest BCUT2D eigenvalue weighted by Crippen LogP contribution is -2.22. The van der Waals surface area contributed by atoms with Gasteiger partial charge >= 0.3 is 11.8 Å². The van der Waals surface area contributed by atoms with E-state index in [4.69, 9.17) is 8.83 Å². The number of furan rings is 1. The Hall–Kier alpha value is -2.89. The molecule has 6 heteroatoms. The normalized spacial score (nSPS) is 10.6. The molecule has 0 atom stereocenters. The minimum atomic E-state index is -0.418. The minimum absolute atomic E-state index is 0.0475. The van der Waals surface area contributed by atoms with Crippen molar-refractivity contribution in [2.75, 3.05) is 0 Å². The fraction of sp³-hybridized carbons (Fsp3) is 0.188. The van der Waals surface area contributed by atoms with Gasteiger partial charge < -0.3 is 14.2 Å². The zero-order chi connectivity index (χ0) is 15.4. The Labute approximate surface area is 127 Å². The number of rotatable bonds is 5. The number of aryl methyl sites for hydroxylation is 1. The van der Waals surface area contributed by atoms with Crippen LogP contribution in [0.2, 0.25) is 0 Å². The van der Waals surface area contributed by atoms with E-state index >= 15 is 0 Å². The van der Waals surface area contributed by atoms with Crippen molar-refractivity contribution in [1.82, 2.24) is 15.5 Å². The highest BCUT2D eigenvalue weighted by Gasteiger charge is 2.15. The number of aromatic nitrogens is 2. The zero-order valence-electron chi connectivity index (χ0n) is 12.1. The van der Waals surface area contributed by atoms with Crippen LogP contribution in [0, 0.1) is 6.92 Å². The summed E-state index contributed by atoms with van der Waals surface area (Å²) in [5, 5.41) is 10.3. The third-order valence-electron chi connectivity index (χ3n) is 3.14. The first-order chi connectivity index (χ1) is 10.7. The number of carbonyl (C=O) groups excluding carboxylic acids is 1. The molecule has 1 aromatic carbocycles. The molecule has 3 rings (SSSR count). The van der Waals surface area contributed by atoms with Crippen molar-refractivity contribution >= 4 is 5.91 Å². The maximum absolute atomic E-state index is 11.9. The van der Waals surface area contributed by atoms with Gasteiger partial charge in [-0.05, 0) is 24.6 Å². The van der Waals surface area contributed by atoms with E-state index in [1.54, 1.807) is 18.4 Å². The topological polar surface area (TPSA) is 81.2 Å². The zero-order valence-corrected chi connectivity index (χ0v) is 12.1. The second-order valence-corrected chi connectivity index (χ2v) is 4.93. The average molecular weight is 297 g/mol. The van der Waals surface area contributed by atoms with Crippen molar-refractivity contribution < 1.29 is 13.6 Å². The van der Waals surface area contributed by atoms with Crippen LogP contribution in [0.25, 0.3) is 0 Å². The fourth-order valence-corrected chi connectivity index (χ4v) is 1.95. The number of hydrogen-bond donors (Lipinski definition) is 1. The summed E-state index contributed by atoms with van der Waals surface area (Å²) in [6.07, 6.45) is 2.05. The number of carbonyl (C=O) groups is 1. The molecular formula is C16H15N3O3. The molecule has 1 N–H and O–H groups in total. The number of nitrogens with zero attached hydrogens (tertiary/aromatic N) is 2. The molecule has 6 nitrogen and oxygen atoms in total. The first-order valence-electron chi connectivity index (χ1n) is 6.89. The molecule has 1 amide bonds. The summed E-state index contributed by atoms with van der Waals surface area (Å²) in [7, 11) is 0. The summed E-state index contributed by atoms with van der Waals surface area (Å²) in [4.78, 5) is 11.9. The van der Waals surface area contributed by atoms with Gasteiger partial charge in [0.05, 0.1) is 19.2 Å². The summed E-state index contributed by atoms with van der Waals surface area (Å²) >= 11 is 0. The molecular weight excluding hydrogens is 282 g/mol. The van der Waals surface area contributed by atoms with Crippen LogP contribution in [-0.2, 0) is 13.0 Å². The lowest BCUT2D eigenvalue weighted by Gasteiger charge is -1.99. The molecule has 0 saturated heterocycles. The maximum Gasteiger partial charge on any atom is 0.309 e. The van der Waals surface area contributed by atoms with E-state index in [0.29, 0.717) is 18.1 Å². The first-order valence-corrected chi connectivity index (χ1v) is 6.89. The number of benzene rings is 1. The molecule has 0 fully saturated rings. The Bertz CT molecular complexity index is 745. The van der Waals surface area contributed by atoms with Crippen molar-refractivity contribution in [2.45, 2.75) is 19.9 Å². The third-order valence-corrected chi connectivity index (χ3v) is 3.14. The summed E-state index contributed by atoms with van der Waals surface area (Å²) in [6, 6.07) is 11.6. The van der Waals surface area contributed by atoms with Crippen LogP contribution in [0.15, 0.2) is 51.5 Å². The highest BCUT2D eigenvalue weighted by molar-refractivity contribution is 5.89. The van der Waals surface area contributed by atoms with Gasteiger partial charge in [0.1, 0.15) is 5.76 Å². The molecule has 0 aliphatic rings. The van der Waals surface area contributed by atoms with Crippen molar-refractivity contribution in [3.05, 3.63) is 71.3 Å². The minimum Gasteiger partial charge on any atom is -0.467 e. The van der Waals surface area contributed by atoms with E-state index in [9.17, 15) is 4.79 Å². The van der Waals surface area contributed by atoms with Crippen LogP contribution < -0.4 is 5.32 Å². The highest BCUT2D eigenvalue weighted by atomic mass is 16.4. The Morgan fingerprint density at radius 2 is 2.00 bits per heavy atom. The third kappa shape index (κ3) is 3.41. The van der Waals surface area contributed by atoms with Gasteiger partial charge in [-0.25, -0.2) is 0 Å². The lowest BCUT2D eigenvalue weighted by molar-refractivity contribution is 0.0911. The maximum atomic E-state index is 11.9. The van der Waals surface area contributed by atoms with E-state index in [1.165, 1.54) is 5.56 Å². The quantitative estimate of drug-likeness (QED) is 0.782. The Kier molecular flexibility index (Phi) is 4.00. The molecule has 0 aliphatic heterocycles. The molecule has 0 aliphatic carbocycles. The predicted molar refractivity (Wildman–Crippen MR) is 78.2 cm³/mol.